The van der Waals surface area contributed by atoms with Gasteiger partial charge in [-0.25, -0.2) is 0 Å². The number of rotatable bonds is 5. The Labute approximate surface area is 171 Å². The zero-order chi connectivity index (χ0) is 19.8. The average molecular weight is 398 g/mol. The monoisotopic (exact) mass is 397 g/mol. The van der Waals surface area contributed by atoms with E-state index in [9.17, 15) is 4.79 Å². The molecule has 148 valence electrons. The van der Waals surface area contributed by atoms with Crippen molar-refractivity contribution < 1.29 is 9.53 Å². The molecule has 2 aromatic carbocycles. The van der Waals surface area contributed by atoms with Gasteiger partial charge in [0.15, 0.2) is 11.7 Å². The predicted molar refractivity (Wildman–Crippen MR) is 116 cm³/mol. The summed E-state index contributed by atoms with van der Waals surface area (Å²) in [6.45, 7) is 2.13. The summed E-state index contributed by atoms with van der Waals surface area (Å²) in [5, 5.41) is 3.73. The number of hydrogen-bond acceptors (Lipinski definition) is 3. The lowest BCUT2D eigenvalue weighted by Crippen LogP contribution is -2.52. The fraction of sp³-hybridized carbons (Fsp3) is 0.364. The smallest absolute Gasteiger partial charge is 0.276 e. The fourth-order valence-corrected chi connectivity index (χ4v) is 3.69. The summed E-state index contributed by atoms with van der Waals surface area (Å²) in [6.07, 6.45) is 4.81. The van der Waals surface area contributed by atoms with Crippen molar-refractivity contribution >= 4 is 23.2 Å². The molecule has 0 bridgehead atoms. The van der Waals surface area contributed by atoms with Crippen molar-refractivity contribution in [3.63, 3.8) is 0 Å². The molecule has 0 radical (unpaired) electrons. The van der Waals surface area contributed by atoms with Crippen LogP contribution in [0.3, 0.4) is 0 Å². The molecule has 6 heteroatoms. The molecule has 0 heterocycles. The van der Waals surface area contributed by atoms with Gasteiger partial charge in [0.1, 0.15) is 5.75 Å². The van der Waals surface area contributed by atoms with E-state index in [1.54, 1.807) is 0 Å². The van der Waals surface area contributed by atoms with Crippen LogP contribution in [0.1, 0.15) is 32.6 Å². The molecule has 1 aliphatic rings. The van der Waals surface area contributed by atoms with Crippen molar-refractivity contribution in [3.05, 3.63) is 54.6 Å². The molecule has 28 heavy (non-hydrogen) atoms. The third-order valence-electron chi connectivity index (χ3n) is 5.07. The van der Waals surface area contributed by atoms with Gasteiger partial charge in [0.2, 0.25) is 0 Å². The van der Waals surface area contributed by atoms with Crippen LogP contribution in [0.15, 0.2) is 54.6 Å². The van der Waals surface area contributed by atoms with E-state index in [0.29, 0.717) is 22.8 Å². The number of carbonyl (C=O) groups excluding carboxylic acids is 1. The Morgan fingerprint density at radius 3 is 2.54 bits per heavy atom. The summed E-state index contributed by atoms with van der Waals surface area (Å²) in [5.74, 6) is 0.964. The molecule has 3 rings (SSSR count). The van der Waals surface area contributed by atoms with E-state index in [2.05, 4.69) is 23.1 Å². The van der Waals surface area contributed by atoms with Crippen LogP contribution in [0, 0.1) is 5.92 Å². The molecule has 5 nitrogen and oxygen atoms in total. The van der Waals surface area contributed by atoms with Crippen LogP contribution >= 0.6 is 12.2 Å². The molecule has 0 saturated heterocycles. The van der Waals surface area contributed by atoms with Gasteiger partial charge in [0.05, 0.1) is 0 Å². The molecule has 0 aromatic heterocycles. The van der Waals surface area contributed by atoms with Gasteiger partial charge in [0.25, 0.3) is 5.91 Å². The minimum atomic E-state index is -0.288. The number of hydrazine groups is 1. The van der Waals surface area contributed by atoms with Crippen LogP contribution in [0.5, 0.6) is 5.75 Å². The number of ether oxygens (including phenoxy) is 1. The first-order valence-electron chi connectivity index (χ1n) is 9.76. The number of hydrogen-bond donors (Lipinski definition) is 3. The van der Waals surface area contributed by atoms with Crippen molar-refractivity contribution in [3.8, 4) is 16.9 Å². The minimum absolute atomic E-state index is 0.0979. The maximum atomic E-state index is 12.1. The summed E-state index contributed by atoms with van der Waals surface area (Å²) in [4.78, 5) is 12.1. The molecule has 0 unspecified atom stereocenters. The largest absolute Gasteiger partial charge is 0.483 e. The van der Waals surface area contributed by atoms with Crippen LogP contribution in [0.25, 0.3) is 11.1 Å². The van der Waals surface area contributed by atoms with Crippen LogP contribution in [0.2, 0.25) is 0 Å². The SMILES string of the molecule is C[C@H]1CCCC[C@@H]1NC(=S)NNC(=O)COc1ccccc1-c1ccccc1. The number of amides is 1. The van der Waals surface area contributed by atoms with Gasteiger partial charge >= 0.3 is 0 Å². The summed E-state index contributed by atoms with van der Waals surface area (Å²) in [6, 6.07) is 18.0. The number of benzene rings is 2. The third-order valence-corrected chi connectivity index (χ3v) is 5.29. The van der Waals surface area contributed by atoms with Gasteiger partial charge in [0, 0.05) is 11.6 Å². The second-order valence-corrected chi connectivity index (χ2v) is 7.57. The lowest BCUT2D eigenvalue weighted by atomic mass is 9.86. The standard InChI is InChI=1S/C22H27N3O2S/c1-16-9-5-7-13-19(16)23-22(28)25-24-21(26)15-27-20-14-8-6-12-18(20)17-10-3-2-4-11-17/h2-4,6,8,10-12,14,16,19H,5,7,9,13,15H2,1H3,(H,24,26)(H2,23,25,28)/t16-,19-/m0/s1. The number of carbonyl (C=O) groups is 1. The Morgan fingerprint density at radius 1 is 1.04 bits per heavy atom. The quantitative estimate of drug-likeness (QED) is 0.529. The van der Waals surface area contributed by atoms with Gasteiger partial charge in [-0.15, -0.1) is 0 Å². The van der Waals surface area contributed by atoms with Crippen LogP contribution in [0.4, 0.5) is 0 Å². The Morgan fingerprint density at radius 2 is 1.75 bits per heavy atom. The molecule has 2 aromatic rings. The molecule has 1 saturated carbocycles. The molecular weight excluding hydrogens is 370 g/mol. The zero-order valence-corrected chi connectivity index (χ0v) is 16.9. The van der Waals surface area contributed by atoms with E-state index in [4.69, 9.17) is 17.0 Å². The minimum Gasteiger partial charge on any atom is -0.483 e. The molecule has 0 spiro atoms. The Balaban J connectivity index is 1.47. The maximum Gasteiger partial charge on any atom is 0.276 e. The van der Waals surface area contributed by atoms with Crippen molar-refractivity contribution in [2.24, 2.45) is 5.92 Å². The Kier molecular flexibility index (Phi) is 7.25. The van der Waals surface area contributed by atoms with Crippen molar-refractivity contribution in [2.45, 2.75) is 38.6 Å². The number of para-hydroxylation sites is 1. The maximum absolute atomic E-state index is 12.1. The Bertz CT molecular complexity index is 797. The summed E-state index contributed by atoms with van der Waals surface area (Å²) in [5.41, 5.74) is 7.37. The lowest BCUT2D eigenvalue weighted by Gasteiger charge is -2.30. The van der Waals surface area contributed by atoms with Crippen molar-refractivity contribution in [2.75, 3.05) is 6.61 Å². The number of nitrogens with one attached hydrogen (secondary N) is 3. The van der Waals surface area contributed by atoms with Gasteiger partial charge in [-0.2, -0.15) is 0 Å². The highest BCUT2D eigenvalue weighted by molar-refractivity contribution is 7.80. The molecule has 3 N–H and O–H groups in total. The summed E-state index contributed by atoms with van der Waals surface area (Å²) in [7, 11) is 0. The predicted octanol–water partition coefficient (Wildman–Crippen LogP) is 3.81. The second kappa shape index (κ2) is 10.1. The highest BCUT2D eigenvalue weighted by Gasteiger charge is 2.21. The van der Waals surface area contributed by atoms with E-state index in [0.717, 1.165) is 17.5 Å². The zero-order valence-electron chi connectivity index (χ0n) is 16.1. The van der Waals surface area contributed by atoms with Crippen LogP contribution < -0.4 is 20.9 Å². The summed E-state index contributed by atoms with van der Waals surface area (Å²) < 4.78 is 5.74. The van der Waals surface area contributed by atoms with Gasteiger partial charge in [-0.1, -0.05) is 68.3 Å². The first-order valence-corrected chi connectivity index (χ1v) is 10.2. The fourth-order valence-electron chi connectivity index (χ4n) is 3.49. The van der Waals surface area contributed by atoms with E-state index in [1.165, 1.54) is 19.3 Å². The molecule has 1 aliphatic carbocycles. The van der Waals surface area contributed by atoms with Gasteiger partial charge < -0.3 is 10.1 Å². The lowest BCUT2D eigenvalue weighted by molar-refractivity contribution is -0.123. The Hall–Kier alpha value is -2.60. The van der Waals surface area contributed by atoms with E-state index in [-0.39, 0.29) is 12.5 Å². The normalized spacial score (nSPS) is 18.8. The van der Waals surface area contributed by atoms with Crippen LogP contribution in [-0.2, 0) is 4.79 Å². The molecule has 2 atom stereocenters. The molecule has 0 aliphatic heterocycles. The number of thiocarbonyl (C=S) groups is 1. The second-order valence-electron chi connectivity index (χ2n) is 7.17. The average Bonchev–Trinajstić information content (AvgIpc) is 2.73. The van der Waals surface area contributed by atoms with Crippen LogP contribution in [-0.4, -0.2) is 23.7 Å². The molecular formula is C22H27N3O2S. The highest BCUT2D eigenvalue weighted by atomic mass is 32.1. The molecule has 1 amide bonds. The summed E-state index contributed by atoms with van der Waals surface area (Å²) >= 11 is 5.29. The third kappa shape index (κ3) is 5.70. The highest BCUT2D eigenvalue weighted by Crippen LogP contribution is 2.29. The topological polar surface area (TPSA) is 62.4 Å². The van der Waals surface area contributed by atoms with E-state index in [1.807, 2.05) is 54.6 Å². The van der Waals surface area contributed by atoms with Crippen molar-refractivity contribution in [1.29, 1.82) is 0 Å². The van der Waals surface area contributed by atoms with Gasteiger partial charge in [-0.05, 0) is 42.6 Å². The van der Waals surface area contributed by atoms with E-state index < -0.39 is 0 Å². The first-order chi connectivity index (χ1) is 13.6. The van der Waals surface area contributed by atoms with E-state index >= 15 is 0 Å². The first kappa shape index (κ1) is 20.1. The van der Waals surface area contributed by atoms with Gasteiger partial charge in [-0.3, -0.25) is 15.6 Å². The molecule has 1 fully saturated rings. The van der Waals surface area contributed by atoms with Crippen molar-refractivity contribution in [1.82, 2.24) is 16.2 Å².